The van der Waals surface area contributed by atoms with E-state index in [-0.39, 0.29) is 6.92 Å². The van der Waals surface area contributed by atoms with Gasteiger partial charge in [-0.3, -0.25) is 4.55 Å². The Morgan fingerprint density at radius 3 is 1.48 bits per heavy atom. The lowest BCUT2D eigenvalue weighted by Crippen LogP contribution is -2.77. The summed E-state index contributed by atoms with van der Waals surface area (Å²) in [7, 11) is -7.43. The summed E-state index contributed by atoms with van der Waals surface area (Å²) in [5, 5.41) is 16.5. The molecule has 0 spiro atoms. The molecule has 2 unspecified atom stereocenters. The van der Waals surface area contributed by atoms with Gasteiger partial charge in [-0.15, -0.1) is 0 Å². The molecule has 0 aliphatic rings. The molecule has 23 heavy (non-hydrogen) atoms. The number of carboxylic acid groups (broad SMARTS) is 2. The zero-order valence-corrected chi connectivity index (χ0v) is 11.4. The van der Waals surface area contributed by atoms with E-state index in [1.165, 1.54) is 0 Å². The monoisotopic (exact) mass is 380 g/mol. The van der Waals surface area contributed by atoms with Crippen molar-refractivity contribution < 1.29 is 63.5 Å². The van der Waals surface area contributed by atoms with Gasteiger partial charge in [-0.1, -0.05) is 0 Å². The van der Waals surface area contributed by atoms with Crippen molar-refractivity contribution in [3.05, 3.63) is 0 Å². The van der Waals surface area contributed by atoms with Crippen LogP contribution < -0.4 is 0 Å². The highest BCUT2D eigenvalue weighted by atomic mass is 32.2. The largest absolute Gasteiger partial charge is 0.480 e. The molecule has 0 aliphatic heterocycles. The fraction of sp³-hybridized carbons (Fsp3) is 0.750. The molecule has 0 aromatic rings. The van der Waals surface area contributed by atoms with Gasteiger partial charge in [-0.2, -0.15) is 34.8 Å². The number of carboxylic acids is 2. The predicted molar refractivity (Wildman–Crippen MR) is 55.0 cm³/mol. The summed E-state index contributed by atoms with van der Waals surface area (Å²) < 4.78 is 117. The van der Waals surface area contributed by atoms with E-state index in [0.717, 1.165) is 0 Å². The van der Waals surface area contributed by atoms with Gasteiger partial charge in [0.1, 0.15) is 0 Å². The molecule has 0 aromatic carbocycles. The number of aliphatic carboxylic acids is 2. The van der Waals surface area contributed by atoms with E-state index in [1.807, 2.05) is 0 Å². The van der Waals surface area contributed by atoms with Crippen LogP contribution in [-0.2, 0) is 19.7 Å². The van der Waals surface area contributed by atoms with Crippen LogP contribution >= 0.6 is 0 Å². The molecule has 0 amide bonds. The summed E-state index contributed by atoms with van der Waals surface area (Å²) >= 11 is 0. The van der Waals surface area contributed by atoms with Gasteiger partial charge in [0.15, 0.2) is 6.17 Å². The Balaban J connectivity index is 7.28. The number of rotatable bonds is 7. The van der Waals surface area contributed by atoms with Crippen molar-refractivity contribution in [2.75, 3.05) is 0 Å². The van der Waals surface area contributed by atoms with Crippen molar-refractivity contribution in [2.24, 2.45) is 0 Å². The Morgan fingerprint density at radius 1 is 0.957 bits per heavy atom. The Labute approximate surface area is 122 Å². The number of carbonyl (C=O) groups is 2. The molecule has 0 radical (unpaired) electrons. The lowest BCUT2D eigenvalue weighted by atomic mass is 9.86. The number of alkyl halides is 7. The van der Waals surface area contributed by atoms with Crippen molar-refractivity contribution in [1.82, 2.24) is 0 Å². The third-order valence-corrected chi connectivity index (χ3v) is 4.22. The van der Waals surface area contributed by atoms with E-state index < -0.39 is 50.7 Å². The van der Waals surface area contributed by atoms with Crippen molar-refractivity contribution in [3.63, 3.8) is 0 Å². The van der Waals surface area contributed by atoms with Crippen molar-refractivity contribution in [3.8, 4) is 0 Å². The molecule has 136 valence electrons. The van der Waals surface area contributed by atoms with Crippen LogP contribution in [0.4, 0.5) is 30.7 Å². The maximum atomic E-state index is 13.7. The molecule has 7 nitrogen and oxygen atoms in total. The van der Waals surface area contributed by atoms with E-state index in [9.17, 15) is 48.7 Å². The lowest BCUT2D eigenvalue weighted by Gasteiger charge is -2.40. The topological polar surface area (TPSA) is 129 Å². The highest BCUT2D eigenvalue weighted by Gasteiger charge is 2.90. The highest BCUT2D eigenvalue weighted by Crippen LogP contribution is 2.54. The Hall–Kier alpha value is -1.64. The van der Waals surface area contributed by atoms with Crippen LogP contribution in [0.25, 0.3) is 0 Å². The molecule has 0 fully saturated rings. The maximum Gasteiger partial charge on any atom is 0.381 e. The molecule has 0 saturated heterocycles. The van der Waals surface area contributed by atoms with Gasteiger partial charge in [0.25, 0.3) is 10.1 Å². The van der Waals surface area contributed by atoms with Crippen LogP contribution in [0.15, 0.2) is 0 Å². The second-order valence-corrected chi connectivity index (χ2v) is 5.72. The van der Waals surface area contributed by atoms with Gasteiger partial charge in [-0.25, -0.2) is 14.0 Å². The number of hydrogen-bond acceptors (Lipinski definition) is 4. The SMILES string of the molecule is CC(F)C(F)(F)C(F)(F)C(C(=O)O)(C(F)(F)C(=O)O)S(=O)(=O)O. The predicted octanol–water partition coefficient (Wildman–Crippen LogP) is 1.05. The molecule has 0 heterocycles. The smallest absolute Gasteiger partial charge is 0.381 e. The molecule has 0 aromatic heterocycles. The van der Waals surface area contributed by atoms with E-state index >= 15 is 0 Å². The quantitative estimate of drug-likeness (QED) is 0.445. The van der Waals surface area contributed by atoms with Crippen molar-refractivity contribution >= 4 is 22.1 Å². The molecule has 0 bridgehead atoms. The van der Waals surface area contributed by atoms with Gasteiger partial charge in [-0.05, 0) is 6.92 Å². The van der Waals surface area contributed by atoms with Crippen LogP contribution in [0.5, 0.6) is 0 Å². The first-order chi connectivity index (χ1) is 9.83. The molecule has 0 rings (SSSR count). The second-order valence-electron chi connectivity index (χ2n) is 4.15. The van der Waals surface area contributed by atoms with Gasteiger partial charge in [0.2, 0.25) is 0 Å². The maximum absolute atomic E-state index is 13.7. The third-order valence-electron chi connectivity index (χ3n) is 2.76. The molecule has 0 aliphatic carbocycles. The van der Waals surface area contributed by atoms with Gasteiger partial charge in [0.05, 0.1) is 0 Å². The fourth-order valence-electron chi connectivity index (χ4n) is 1.54. The highest BCUT2D eigenvalue weighted by molar-refractivity contribution is 7.88. The minimum Gasteiger partial charge on any atom is -0.480 e. The molecular weight excluding hydrogens is 373 g/mol. The zero-order chi connectivity index (χ0) is 19.2. The number of halogens is 7. The summed E-state index contributed by atoms with van der Waals surface area (Å²) in [5.74, 6) is -28.1. The molecule has 3 N–H and O–H groups in total. The molecule has 15 heteroatoms. The fourth-order valence-corrected chi connectivity index (χ4v) is 2.63. The summed E-state index contributed by atoms with van der Waals surface area (Å²) in [4.78, 5) is 21.0. The first kappa shape index (κ1) is 21.4. The number of hydrogen-bond donors (Lipinski definition) is 3. The van der Waals surface area contributed by atoms with Crippen LogP contribution in [-0.4, -0.2) is 63.8 Å². The average Bonchev–Trinajstić information content (AvgIpc) is 2.24. The van der Waals surface area contributed by atoms with Crippen LogP contribution in [0.2, 0.25) is 0 Å². The molecule has 0 saturated carbocycles. The third kappa shape index (κ3) is 2.50. The summed E-state index contributed by atoms with van der Waals surface area (Å²) in [6, 6.07) is 0. The van der Waals surface area contributed by atoms with Gasteiger partial charge < -0.3 is 10.2 Å². The van der Waals surface area contributed by atoms with Crippen LogP contribution in [0, 0.1) is 0 Å². The normalized spacial score (nSPS) is 18.1. The average molecular weight is 380 g/mol. The van der Waals surface area contributed by atoms with E-state index in [4.69, 9.17) is 14.8 Å². The standard InChI is InChI=1S/C8H7F7O7S/c1-2(9)6(10,11)8(14,15)5(3(16)17,23(20,21)22)7(12,13)4(18)19/h2H,1H3,(H,16,17)(H,18,19)(H,20,21,22). The Morgan fingerprint density at radius 2 is 1.30 bits per heavy atom. The van der Waals surface area contributed by atoms with Gasteiger partial charge >= 0.3 is 34.5 Å². The first-order valence-electron chi connectivity index (χ1n) is 5.04. The first-order valence-corrected chi connectivity index (χ1v) is 6.48. The summed E-state index contributed by atoms with van der Waals surface area (Å²) in [6.45, 7) is -0.358. The molecule has 2 atom stereocenters. The van der Waals surface area contributed by atoms with Crippen molar-refractivity contribution in [2.45, 2.75) is 35.6 Å². The van der Waals surface area contributed by atoms with Gasteiger partial charge in [0, 0.05) is 0 Å². The minimum absolute atomic E-state index is 0.358. The molecular formula is C8H7F7O7S. The van der Waals surface area contributed by atoms with Crippen LogP contribution in [0.3, 0.4) is 0 Å². The van der Waals surface area contributed by atoms with E-state index in [0.29, 0.717) is 0 Å². The van der Waals surface area contributed by atoms with E-state index in [1.54, 1.807) is 0 Å². The minimum atomic E-state index is -7.43. The second kappa shape index (κ2) is 5.47. The van der Waals surface area contributed by atoms with Crippen molar-refractivity contribution in [1.29, 1.82) is 0 Å². The Kier molecular flexibility index (Phi) is 5.08. The Bertz CT molecular complexity index is 614. The van der Waals surface area contributed by atoms with E-state index in [2.05, 4.69) is 0 Å². The summed E-state index contributed by atoms with van der Waals surface area (Å²) in [6.07, 6.45) is -4.09. The lowest BCUT2D eigenvalue weighted by molar-refractivity contribution is -0.279. The zero-order valence-electron chi connectivity index (χ0n) is 10.6. The van der Waals surface area contributed by atoms with Crippen LogP contribution in [0.1, 0.15) is 6.92 Å². The summed E-state index contributed by atoms with van der Waals surface area (Å²) in [5.41, 5.74) is 0.